The second-order valence-corrected chi connectivity index (χ2v) is 9.65. The number of rotatable bonds is 6. The lowest BCUT2D eigenvalue weighted by Crippen LogP contribution is -2.59. The van der Waals surface area contributed by atoms with Crippen LogP contribution in [0.2, 0.25) is 0 Å². The number of amides is 1. The number of aromatic hydroxyl groups is 1. The van der Waals surface area contributed by atoms with E-state index in [1.54, 1.807) is 16.8 Å². The number of ether oxygens (including phenoxy) is 1. The normalized spacial score (nSPS) is 17.5. The minimum absolute atomic E-state index is 0.251. The number of benzene rings is 2. The van der Waals surface area contributed by atoms with Crippen molar-refractivity contribution < 1.29 is 23.4 Å². The summed E-state index contributed by atoms with van der Waals surface area (Å²) in [6.45, 7) is 5.55. The number of nitrogens with zero attached hydrogens (tertiary/aromatic N) is 3. The van der Waals surface area contributed by atoms with Gasteiger partial charge < -0.3 is 14.7 Å². The van der Waals surface area contributed by atoms with E-state index < -0.39 is 35.6 Å². The predicted octanol–water partition coefficient (Wildman–Crippen LogP) is 4.52. The Morgan fingerprint density at radius 2 is 1.97 bits per heavy atom. The van der Waals surface area contributed by atoms with Crippen molar-refractivity contribution in [3.63, 3.8) is 0 Å². The fraction of sp³-hybridized carbons (Fsp3) is 0.259. The Bertz CT molecular complexity index is 1430. The second-order valence-electron chi connectivity index (χ2n) is 8.63. The molecule has 0 aliphatic carbocycles. The molecule has 37 heavy (non-hydrogen) atoms. The number of carbonyl (C=O) groups is 1. The van der Waals surface area contributed by atoms with E-state index in [0.717, 1.165) is 38.6 Å². The zero-order valence-electron chi connectivity index (χ0n) is 20.0. The maximum Gasteiger partial charge on any atom is 0.278 e. The Morgan fingerprint density at radius 3 is 2.70 bits per heavy atom. The maximum atomic E-state index is 14.1. The Morgan fingerprint density at radius 1 is 1.19 bits per heavy atom. The van der Waals surface area contributed by atoms with Crippen molar-refractivity contribution in [1.29, 1.82) is 0 Å². The molecule has 3 aromatic rings. The fourth-order valence-corrected chi connectivity index (χ4v) is 6.01. The van der Waals surface area contributed by atoms with Crippen LogP contribution in [0.1, 0.15) is 40.1 Å². The van der Waals surface area contributed by atoms with E-state index in [1.807, 2.05) is 49.4 Å². The molecule has 0 saturated heterocycles. The zero-order valence-corrected chi connectivity index (χ0v) is 20.8. The summed E-state index contributed by atoms with van der Waals surface area (Å²) < 4.78 is 35.5. The molecule has 1 aromatic heterocycles. The van der Waals surface area contributed by atoms with Crippen molar-refractivity contribution in [2.75, 3.05) is 18.3 Å². The lowest BCUT2D eigenvalue weighted by atomic mass is 9.93. The summed E-state index contributed by atoms with van der Waals surface area (Å²) in [5.74, 6) is -0.402. The highest BCUT2D eigenvalue weighted by Gasteiger charge is 2.42. The first-order valence-corrected chi connectivity index (χ1v) is 12.8. The van der Waals surface area contributed by atoms with Gasteiger partial charge >= 0.3 is 0 Å². The Kier molecular flexibility index (Phi) is 6.68. The van der Waals surface area contributed by atoms with E-state index >= 15 is 0 Å². The van der Waals surface area contributed by atoms with Gasteiger partial charge in [0.1, 0.15) is 24.5 Å². The molecule has 10 heteroatoms. The van der Waals surface area contributed by atoms with Gasteiger partial charge in [-0.1, -0.05) is 36.4 Å². The number of hydrogen-bond acceptors (Lipinski definition) is 6. The first-order valence-electron chi connectivity index (χ1n) is 11.8. The molecule has 1 amide bonds. The summed E-state index contributed by atoms with van der Waals surface area (Å²) >= 11 is 1.64. The molecule has 0 radical (unpaired) electrons. The lowest BCUT2D eigenvalue weighted by Gasteiger charge is -2.46. The Labute approximate surface area is 216 Å². The maximum absolute atomic E-state index is 14.1. The summed E-state index contributed by atoms with van der Waals surface area (Å²) in [6.07, 6.45) is -0.525. The first kappa shape index (κ1) is 24.9. The molecule has 5 rings (SSSR count). The van der Waals surface area contributed by atoms with Gasteiger partial charge in [0.25, 0.3) is 12.3 Å². The highest BCUT2D eigenvalue weighted by atomic mass is 32.2. The minimum atomic E-state index is -2.92. The molecular weight excluding hydrogens is 500 g/mol. The van der Waals surface area contributed by atoms with E-state index in [-0.39, 0.29) is 12.4 Å². The summed E-state index contributed by atoms with van der Waals surface area (Å²) in [4.78, 5) is 27.7. The largest absolute Gasteiger partial charge is 0.502 e. The van der Waals surface area contributed by atoms with Crippen LogP contribution >= 0.6 is 11.8 Å². The molecule has 0 spiro atoms. The molecule has 2 aliphatic rings. The number of aromatic nitrogens is 1. The minimum Gasteiger partial charge on any atom is -0.502 e. The zero-order chi connectivity index (χ0) is 26.3. The van der Waals surface area contributed by atoms with Gasteiger partial charge in [-0.15, -0.1) is 18.3 Å². The van der Waals surface area contributed by atoms with Crippen LogP contribution in [-0.2, 0) is 5.75 Å². The van der Waals surface area contributed by atoms with Crippen LogP contribution in [0.3, 0.4) is 0 Å². The van der Waals surface area contributed by atoms with Gasteiger partial charge in [0.2, 0.25) is 5.43 Å². The number of fused-ring (bicyclic) bond motifs is 3. The first-order chi connectivity index (χ1) is 17.9. The van der Waals surface area contributed by atoms with Gasteiger partial charge in [-0.2, -0.15) is 0 Å². The van der Waals surface area contributed by atoms with Crippen LogP contribution in [0.4, 0.5) is 8.78 Å². The SMILES string of the molecule is C=C[C@@H](C(F)F)N1CN([C@H]2c3ccccc3SCc3cccc(OCC)c32)n2ccc(=O)c(O)c2C1=O. The standard InChI is InChI=1S/C27H25F2N3O4S/c1-3-18(26(28)29)30-15-32(31-13-12-19(33)25(34)24(31)27(30)35)23-17-9-5-6-11-21(17)37-14-16-8-7-10-20(22(16)23)36-4-2/h3,5-13,18,23,26,34H,1,4,14-15H2,2H3/t18-,23-/m0/s1. The summed E-state index contributed by atoms with van der Waals surface area (Å²) in [6, 6.07) is 12.4. The summed E-state index contributed by atoms with van der Waals surface area (Å²) in [5, 5.41) is 12.4. The van der Waals surface area contributed by atoms with Gasteiger partial charge in [0, 0.05) is 28.5 Å². The van der Waals surface area contributed by atoms with Gasteiger partial charge in [-0.3, -0.25) is 19.3 Å². The van der Waals surface area contributed by atoms with Gasteiger partial charge in [0.15, 0.2) is 11.4 Å². The summed E-state index contributed by atoms with van der Waals surface area (Å²) in [7, 11) is 0. The van der Waals surface area contributed by atoms with E-state index in [9.17, 15) is 23.5 Å². The van der Waals surface area contributed by atoms with Crippen molar-refractivity contribution in [2.24, 2.45) is 0 Å². The molecule has 7 nitrogen and oxygen atoms in total. The lowest BCUT2D eigenvalue weighted by molar-refractivity contribution is 0.0278. The number of pyridine rings is 1. The van der Waals surface area contributed by atoms with Crippen molar-refractivity contribution in [2.45, 2.75) is 36.1 Å². The average Bonchev–Trinajstić information content (AvgIpc) is 3.05. The van der Waals surface area contributed by atoms with Crippen LogP contribution < -0.4 is 15.2 Å². The molecule has 2 aromatic carbocycles. The van der Waals surface area contributed by atoms with Crippen LogP contribution in [0.25, 0.3) is 0 Å². The Hall–Kier alpha value is -3.79. The monoisotopic (exact) mass is 525 g/mol. The predicted molar refractivity (Wildman–Crippen MR) is 137 cm³/mol. The van der Waals surface area contributed by atoms with Crippen molar-refractivity contribution in [1.82, 2.24) is 9.58 Å². The van der Waals surface area contributed by atoms with Gasteiger partial charge in [-0.05, 0) is 30.2 Å². The van der Waals surface area contributed by atoms with Crippen LogP contribution in [-0.4, -0.2) is 46.3 Å². The number of hydrogen-bond donors (Lipinski definition) is 1. The third-order valence-electron chi connectivity index (χ3n) is 6.58. The topological polar surface area (TPSA) is 75.0 Å². The number of alkyl halides is 2. The number of halogens is 2. The fourth-order valence-electron chi connectivity index (χ4n) is 4.92. The molecule has 0 bridgehead atoms. The molecule has 0 fully saturated rings. The van der Waals surface area contributed by atoms with E-state index in [0.29, 0.717) is 18.1 Å². The van der Waals surface area contributed by atoms with Crippen LogP contribution in [0.15, 0.2) is 77.1 Å². The third kappa shape index (κ3) is 4.15. The smallest absolute Gasteiger partial charge is 0.278 e. The third-order valence-corrected chi connectivity index (χ3v) is 7.71. The molecule has 3 heterocycles. The molecule has 2 aliphatic heterocycles. The molecule has 192 valence electrons. The van der Waals surface area contributed by atoms with Crippen molar-refractivity contribution in [3.05, 3.63) is 100.0 Å². The van der Waals surface area contributed by atoms with Gasteiger partial charge in [-0.25, -0.2) is 8.78 Å². The van der Waals surface area contributed by atoms with Crippen LogP contribution in [0, 0.1) is 0 Å². The average molecular weight is 526 g/mol. The summed E-state index contributed by atoms with van der Waals surface area (Å²) in [5.41, 5.74) is 1.54. The van der Waals surface area contributed by atoms with Crippen LogP contribution in [0.5, 0.6) is 11.5 Å². The molecule has 0 unspecified atom stereocenters. The number of carbonyl (C=O) groups excluding carboxylic acids is 1. The second kappa shape index (κ2) is 9.93. The van der Waals surface area contributed by atoms with E-state index in [4.69, 9.17) is 4.74 Å². The molecule has 0 saturated carbocycles. The Balaban J connectivity index is 1.81. The van der Waals surface area contributed by atoms with E-state index in [1.165, 1.54) is 10.9 Å². The van der Waals surface area contributed by atoms with Crippen molar-refractivity contribution in [3.8, 4) is 11.5 Å². The molecular formula is C27H25F2N3O4S. The van der Waals surface area contributed by atoms with Crippen molar-refractivity contribution >= 4 is 17.7 Å². The molecule has 2 atom stereocenters. The quantitative estimate of drug-likeness (QED) is 0.477. The number of thioether (sulfide) groups is 1. The highest BCUT2D eigenvalue weighted by molar-refractivity contribution is 7.98. The van der Waals surface area contributed by atoms with E-state index in [2.05, 4.69) is 6.58 Å². The van der Waals surface area contributed by atoms with Gasteiger partial charge in [0.05, 0.1) is 6.61 Å². The highest BCUT2D eigenvalue weighted by Crippen LogP contribution is 2.46. The molecule has 1 N–H and O–H groups in total.